The van der Waals surface area contributed by atoms with Gasteiger partial charge in [0.25, 0.3) is 5.56 Å². The van der Waals surface area contributed by atoms with Crippen LogP contribution in [0.3, 0.4) is 0 Å². The highest BCUT2D eigenvalue weighted by atomic mass is 79.9. The van der Waals surface area contributed by atoms with E-state index in [2.05, 4.69) is 39.2 Å². The summed E-state index contributed by atoms with van der Waals surface area (Å²) in [6.45, 7) is 0.337. The molecule has 6 rings (SSSR count). The number of benzene rings is 4. The molecular weight excluding hydrogens is 602 g/mol. The zero-order valence-electron chi connectivity index (χ0n) is 22.6. The summed E-state index contributed by atoms with van der Waals surface area (Å²) in [5, 5.41) is 7.84. The van der Waals surface area contributed by atoms with Crippen LogP contribution in [-0.4, -0.2) is 23.0 Å². The Morgan fingerprint density at radius 2 is 1.83 bits per heavy atom. The Hall–Kier alpha value is -3.68. The molecule has 0 amide bonds. The van der Waals surface area contributed by atoms with Gasteiger partial charge in [-0.05, 0) is 65.1 Å². The van der Waals surface area contributed by atoms with Crippen molar-refractivity contribution in [1.29, 1.82) is 0 Å². The average molecular weight is 631 g/mol. The number of rotatable bonds is 7. The standard InChI is InChI=1S/C33H29BrClN3O3/c1-40-30-17-21(16-28(35)31(30)41-20-24-12-7-11-22-8-5-6-13-26(22)24)19-36-38-32(23-9-3-2-4-10-23)37-29-15-14-25(34)18-27(29)33(38)39/h5-8,11-19,23H,2-4,9-10,20H2,1H3. The van der Waals surface area contributed by atoms with E-state index in [1.54, 1.807) is 25.5 Å². The first-order valence-electron chi connectivity index (χ1n) is 13.8. The van der Waals surface area contributed by atoms with Crippen LogP contribution in [0.2, 0.25) is 5.02 Å². The van der Waals surface area contributed by atoms with Crippen molar-refractivity contribution in [2.24, 2.45) is 5.10 Å². The number of hydrogen-bond acceptors (Lipinski definition) is 5. The lowest BCUT2D eigenvalue weighted by molar-refractivity contribution is 0.286. The second-order valence-electron chi connectivity index (χ2n) is 10.3. The maximum atomic E-state index is 13.6. The van der Waals surface area contributed by atoms with Gasteiger partial charge in [0.15, 0.2) is 11.5 Å². The van der Waals surface area contributed by atoms with Crippen LogP contribution in [0, 0.1) is 0 Å². The second-order valence-corrected chi connectivity index (χ2v) is 11.6. The van der Waals surface area contributed by atoms with Crippen molar-refractivity contribution >= 4 is 55.4 Å². The van der Waals surface area contributed by atoms with Gasteiger partial charge < -0.3 is 9.47 Å². The minimum absolute atomic E-state index is 0.185. The summed E-state index contributed by atoms with van der Waals surface area (Å²) in [4.78, 5) is 18.6. The lowest BCUT2D eigenvalue weighted by Gasteiger charge is -2.22. The maximum absolute atomic E-state index is 13.6. The Kier molecular flexibility index (Phi) is 8.08. The topological polar surface area (TPSA) is 65.7 Å². The molecule has 41 heavy (non-hydrogen) atoms. The van der Waals surface area contributed by atoms with Crippen LogP contribution >= 0.6 is 27.5 Å². The molecule has 1 aliphatic rings. The Morgan fingerprint density at radius 1 is 1.02 bits per heavy atom. The van der Waals surface area contributed by atoms with Crippen molar-refractivity contribution in [3.63, 3.8) is 0 Å². The van der Waals surface area contributed by atoms with Crippen molar-refractivity contribution < 1.29 is 9.47 Å². The van der Waals surface area contributed by atoms with Crippen LogP contribution < -0.4 is 15.0 Å². The number of hydrogen-bond donors (Lipinski definition) is 0. The van der Waals surface area contributed by atoms with Crippen molar-refractivity contribution in [1.82, 2.24) is 9.66 Å². The van der Waals surface area contributed by atoms with Gasteiger partial charge in [0.2, 0.25) is 0 Å². The molecule has 1 saturated carbocycles. The highest BCUT2D eigenvalue weighted by molar-refractivity contribution is 9.10. The molecule has 1 aromatic heterocycles. The zero-order chi connectivity index (χ0) is 28.3. The molecule has 0 N–H and O–H groups in total. The minimum Gasteiger partial charge on any atom is -0.493 e. The van der Waals surface area contributed by atoms with Crippen molar-refractivity contribution in [3.05, 3.63) is 110 Å². The van der Waals surface area contributed by atoms with E-state index in [1.165, 1.54) is 11.1 Å². The van der Waals surface area contributed by atoms with Crippen LogP contribution in [0.15, 0.2) is 87.2 Å². The van der Waals surface area contributed by atoms with Crippen molar-refractivity contribution in [2.45, 2.75) is 44.6 Å². The van der Waals surface area contributed by atoms with E-state index >= 15 is 0 Å². The molecule has 5 aromatic rings. The summed E-state index contributed by atoms with van der Waals surface area (Å²) in [5.74, 6) is 1.83. The van der Waals surface area contributed by atoms with Crippen molar-refractivity contribution in [3.8, 4) is 11.5 Å². The molecule has 1 heterocycles. The molecular formula is C33H29BrClN3O3. The summed E-state index contributed by atoms with van der Waals surface area (Å²) < 4.78 is 14.1. The Labute approximate surface area is 251 Å². The van der Waals surface area contributed by atoms with Gasteiger partial charge in [-0.1, -0.05) is 89.3 Å². The molecule has 6 nitrogen and oxygen atoms in total. The molecule has 0 bridgehead atoms. The fourth-order valence-electron chi connectivity index (χ4n) is 5.55. The highest BCUT2D eigenvalue weighted by Crippen LogP contribution is 2.37. The van der Waals surface area contributed by atoms with E-state index in [-0.39, 0.29) is 11.5 Å². The summed E-state index contributed by atoms with van der Waals surface area (Å²) in [6.07, 6.45) is 7.06. The molecule has 8 heteroatoms. The summed E-state index contributed by atoms with van der Waals surface area (Å²) in [6, 6.07) is 23.5. The summed E-state index contributed by atoms with van der Waals surface area (Å²) >= 11 is 10.2. The number of aromatic nitrogens is 2. The summed E-state index contributed by atoms with van der Waals surface area (Å²) in [5.41, 5.74) is 2.22. The van der Waals surface area contributed by atoms with Crippen LogP contribution in [0.4, 0.5) is 0 Å². The van der Waals surface area contributed by atoms with Gasteiger partial charge in [-0.2, -0.15) is 9.78 Å². The highest BCUT2D eigenvalue weighted by Gasteiger charge is 2.22. The monoisotopic (exact) mass is 629 g/mol. The van der Waals surface area contributed by atoms with Crippen molar-refractivity contribution in [2.75, 3.05) is 7.11 Å². The van der Waals surface area contributed by atoms with Gasteiger partial charge in [0.05, 0.1) is 29.2 Å². The molecule has 4 aromatic carbocycles. The molecule has 0 atom stereocenters. The lowest BCUT2D eigenvalue weighted by Crippen LogP contribution is -2.25. The van der Waals surface area contributed by atoms with Gasteiger partial charge in [0.1, 0.15) is 12.4 Å². The first kappa shape index (κ1) is 27.5. The molecule has 0 unspecified atom stereocenters. The Bertz CT molecular complexity index is 1820. The number of ether oxygens (including phenoxy) is 2. The van der Waals surface area contributed by atoms with Gasteiger partial charge in [-0.3, -0.25) is 4.79 Å². The first-order valence-corrected chi connectivity index (χ1v) is 14.9. The van der Waals surface area contributed by atoms with Crippen LogP contribution in [0.5, 0.6) is 11.5 Å². The molecule has 208 valence electrons. The second kappa shape index (κ2) is 12.0. The number of fused-ring (bicyclic) bond motifs is 2. The molecule has 0 saturated heterocycles. The fraction of sp³-hybridized carbons (Fsp3) is 0.242. The third-order valence-electron chi connectivity index (χ3n) is 7.63. The molecule has 1 fully saturated rings. The minimum atomic E-state index is -0.193. The average Bonchev–Trinajstić information content (AvgIpc) is 3.00. The van der Waals surface area contributed by atoms with Gasteiger partial charge >= 0.3 is 0 Å². The van der Waals surface area contributed by atoms with E-state index in [9.17, 15) is 4.79 Å². The third kappa shape index (κ3) is 5.74. The number of methoxy groups -OCH3 is 1. The number of halogens is 2. The Morgan fingerprint density at radius 3 is 2.66 bits per heavy atom. The van der Waals surface area contributed by atoms with Crippen LogP contribution in [-0.2, 0) is 6.61 Å². The van der Waals surface area contributed by atoms with Gasteiger partial charge in [-0.25, -0.2) is 4.98 Å². The molecule has 1 aliphatic carbocycles. The Balaban J connectivity index is 1.33. The SMILES string of the molecule is COc1cc(C=Nn2c(C3CCCCC3)nc3ccc(Br)cc3c2=O)cc(Cl)c1OCc1cccc2ccccc12. The van der Waals surface area contributed by atoms with Crippen LogP contribution in [0.25, 0.3) is 21.7 Å². The fourth-order valence-corrected chi connectivity index (χ4v) is 6.18. The summed E-state index contributed by atoms with van der Waals surface area (Å²) in [7, 11) is 1.58. The zero-order valence-corrected chi connectivity index (χ0v) is 25.0. The van der Waals surface area contributed by atoms with Gasteiger partial charge in [0, 0.05) is 10.4 Å². The lowest BCUT2D eigenvalue weighted by atomic mass is 9.88. The largest absolute Gasteiger partial charge is 0.493 e. The first-order chi connectivity index (χ1) is 20.0. The normalized spacial score (nSPS) is 14.2. The molecule has 0 spiro atoms. The molecule has 0 radical (unpaired) electrons. The predicted molar refractivity (Wildman–Crippen MR) is 169 cm³/mol. The van der Waals surface area contributed by atoms with Gasteiger partial charge in [-0.15, -0.1) is 0 Å². The quantitative estimate of drug-likeness (QED) is 0.169. The van der Waals surface area contributed by atoms with E-state index in [0.717, 1.165) is 46.5 Å². The van der Waals surface area contributed by atoms with Crippen LogP contribution in [0.1, 0.15) is 55.0 Å². The maximum Gasteiger partial charge on any atom is 0.282 e. The van der Waals surface area contributed by atoms with E-state index < -0.39 is 0 Å². The van der Waals surface area contributed by atoms with E-state index in [1.807, 2.05) is 42.5 Å². The van der Waals surface area contributed by atoms with E-state index in [0.29, 0.717) is 45.4 Å². The third-order valence-corrected chi connectivity index (χ3v) is 8.40. The van der Waals surface area contributed by atoms with E-state index in [4.69, 9.17) is 26.1 Å². The smallest absolute Gasteiger partial charge is 0.282 e. The molecule has 0 aliphatic heterocycles. The number of nitrogens with zero attached hydrogens (tertiary/aromatic N) is 3. The predicted octanol–water partition coefficient (Wildman–Crippen LogP) is 8.48.